The van der Waals surface area contributed by atoms with Crippen molar-refractivity contribution in [2.24, 2.45) is 0 Å². The summed E-state index contributed by atoms with van der Waals surface area (Å²) in [5.74, 6) is 0.654. The molecular formula is C10H18N4O. The van der Waals surface area contributed by atoms with E-state index in [1.165, 1.54) is 25.9 Å². The number of hydrogen-bond acceptors (Lipinski definition) is 4. The van der Waals surface area contributed by atoms with Gasteiger partial charge in [-0.1, -0.05) is 0 Å². The van der Waals surface area contributed by atoms with Gasteiger partial charge in [-0.05, 0) is 32.9 Å². The maximum absolute atomic E-state index is 9.05. The third kappa shape index (κ3) is 2.35. The quantitative estimate of drug-likeness (QED) is 0.774. The maximum Gasteiger partial charge on any atom is 0.158 e. The van der Waals surface area contributed by atoms with Gasteiger partial charge in [-0.3, -0.25) is 4.90 Å². The number of nitrogens with zero attached hydrogens (tertiary/aromatic N) is 4. The molecule has 0 saturated carbocycles. The van der Waals surface area contributed by atoms with Gasteiger partial charge in [0.2, 0.25) is 0 Å². The molecule has 0 spiro atoms. The first-order valence-electron chi connectivity index (χ1n) is 5.53. The minimum atomic E-state index is -0.0350. The van der Waals surface area contributed by atoms with Crippen LogP contribution in [0, 0.1) is 0 Å². The van der Waals surface area contributed by atoms with Gasteiger partial charge in [0.15, 0.2) is 5.82 Å². The van der Waals surface area contributed by atoms with E-state index in [2.05, 4.69) is 22.0 Å². The third-order valence-electron chi connectivity index (χ3n) is 3.06. The zero-order chi connectivity index (χ0) is 10.7. The van der Waals surface area contributed by atoms with Crippen LogP contribution in [0.25, 0.3) is 0 Å². The first kappa shape index (κ1) is 10.6. The minimum absolute atomic E-state index is 0.0350. The second-order valence-corrected chi connectivity index (χ2v) is 4.15. The molecule has 1 aliphatic heterocycles. The monoisotopic (exact) mass is 210 g/mol. The molecule has 1 aromatic heterocycles. The second kappa shape index (κ2) is 4.72. The summed E-state index contributed by atoms with van der Waals surface area (Å²) < 4.78 is 1.93. The van der Waals surface area contributed by atoms with Gasteiger partial charge in [-0.2, -0.15) is 0 Å². The predicted molar refractivity (Wildman–Crippen MR) is 56.2 cm³/mol. The van der Waals surface area contributed by atoms with Crippen molar-refractivity contribution in [3.63, 3.8) is 0 Å². The molecule has 5 nitrogen and oxygen atoms in total. The Morgan fingerprint density at radius 3 is 2.87 bits per heavy atom. The highest BCUT2D eigenvalue weighted by Gasteiger charge is 2.18. The Bertz CT molecular complexity index is 306. The largest absolute Gasteiger partial charge is 0.388 e. The molecule has 84 valence electrons. The zero-order valence-corrected chi connectivity index (χ0v) is 9.13. The molecule has 0 aromatic carbocycles. The molecule has 1 unspecified atom stereocenters. The molecule has 1 aliphatic rings. The highest BCUT2D eigenvalue weighted by Crippen LogP contribution is 2.13. The lowest BCUT2D eigenvalue weighted by Gasteiger charge is -2.24. The first-order chi connectivity index (χ1) is 7.31. The topological polar surface area (TPSA) is 54.2 Å². The average Bonchev–Trinajstić information content (AvgIpc) is 2.87. The fourth-order valence-electron chi connectivity index (χ4n) is 2.14. The lowest BCUT2D eigenvalue weighted by molar-refractivity contribution is 0.223. The predicted octanol–water partition coefficient (Wildman–Crippen LogP) is 0.255. The Morgan fingerprint density at radius 2 is 2.20 bits per heavy atom. The summed E-state index contributed by atoms with van der Waals surface area (Å²) in [4.78, 5) is 2.47. The summed E-state index contributed by atoms with van der Waals surface area (Å²) in [5, 5.41) is 16.7. The number of aliphatic hydroxyl groups excluding tert-OH is 1. The SMILES string of the molecule is CC(Cn1cnnc1CO)N1CCCC1. The van der Waals surface area contributed by atoms with E-state index in [0.717, 1.165) is 6.54 Å². The molecule has 1 fully saturated rings. The van der Waals surface area contributed by atoms with Crippen LogP contribution in [0.1, 0.15) is 25.6 Å². The highest BCUT2D eigenvalue weighted by molar-refractivity contribution is 4.85. The van der Waals surface area contributed by atoms with Gasteiger partial charge in [-0.15, -0.1) is 10.2 Å². The molecule has 1 atom stereocenters. The van der Waals surface area contributed by atoms with Gasteiger partial charge < -0.3 is 9.67 Å². The van der Waals surface area contributed by atoms with Crippen molar-refractivity contribution in [2.45, 2.75) is 39.0 Å². The van der Waals surface area contributed by atoms with Gasteiger partial charge in [-0.25, -0.2) is 0 Å². The maximum atomic E-state index is 9.05. The number of aromatic nitrogens is 3. The Balaban J connectivity index is 1.95. The fourth-order valence-corrected chi connectivity index (χ4v) is 2.14. The van der Waals surface area contributed by atoms with Crippen LogP contribution in [0.15, 0.2) is 6.33 Å². The van der Waals surface area contributed by atoms with Gasteiger partial charge in [0.05, 0.1) is 0 Å². The molecule has 5 heteroatoms. The Morgan fingerprint density at radius 1 is 1.47 bits per heavy atom. The van der Waals surface area contributed by atoms with Gasteiger partial charge in [0.25, 0.3) is 0 Å². The molecule has 2 heterocycles. The smallest absolute Gasteiger partial charge is 0.158 e. The number of aliphatic hydroxyl groups is 1. The second-order valence-electron chi connectivity index (χ2n) is 4.15. The highest BCUT2D eigenvalue weighted by atomic mass is 16.3. The van der Waals surface area contributed by atoms with E-state index in [9.17, 15) is 0 Å². The molecule has 0 aliphatic carbocycles. The van der Waals surface area contributed by atoms with Crippen molar-refractivity contribution < 1.29 is 5.11 Å². The van der Waals surface area contributed by atoms with Crippen molar-refractivity contribution in [1.82, 2.24) is 19.7 Å². The van der Waals surface area contributed by atoms with E-state index in [1.54, 1.807) is 6.33 Å². The number of rotatable bonds is 4. The van der Waals surface area contributed by atoms with Gasteiger partial charge >= 0.3 is 0 Å². The van der Waals surface area contributed by atoms with E-state index in [1.807, 2.05) is 4.57 Å². The fraction of sp³-hybridized carbons (Fsp3) is 0.800. The van der Waals surface area contributed by atoms with E-state index in [0.29, 0.717) is 11.9 Å². The van der Waals surface area contributed by atoms with E-state index in [4.69, 9.17) is 5.11 Å². The van der Waals surface area contributed by atoms with E-state index < -0.39 is 0 Å². The van der Waals surface area contributed by atoms with Crippen LogP contribution < -0.4 is 0 Å². The molecule has 1 aromatic rings. The van der Waals surface area contributed by atoms with E-state index in [-0.39, 0.29) is 6.61 Å². The summed E-state index contributed by atoms with van der Waals surface area (Å²) in [6.07, 6.45) is 4.30. The standard InChI is InChI=1S/C10H18N4O/c1-9(13-4-2-3-5-13)6-14-8-11-12-10(14)7-15/h8-9,15H,2-7H2,1H3. The summed E-state index contributed by atoms with van der Waals surface area (Å²) in [6, 6.07) is 0.494. The lowest BCUT2D eigenvalue weighted by Crippen LogP contribution is -2.33. The first-order valence-corrected chi connectivity index (χ1v) is 5.53. The molecule has 0 radical (unpaired) electrons. The van der Waals surface area contributed by atoms with E-state index >= 15 is 0 Å². The van der Waals surface area contributed by atoms with Crippen LogP contribution in [-0.4, -0.2) is 43.9 Å². The molecule has 2 rings (SSSR count). The number of likely N-dealkylation sites (tertiary alicyclic amines) is 1. The normalized spacial score (nSPS) is 19.6. The van der Waals surface area contributed by atoms with Crippen molar-refractivity contribution in [3.8, 4) is 0 Å². The zero-order valence-electron chi connectivity index (χ0n) is 9.13. The summed E-state index contributed by atoms with van der Waals surface area (Å²) in [5.41, 5.74) is 0. The van der Waals surface area contributed by atoms with Crippen LogP contribution >= 0.6 is 0 Å². The molecule has 0 amide bonds. The van der Waals surface area contributed by atoms with Crippen molar-refractivity contribution in [2.75, 3.05) is 13.1 Å². The van der Waals surface area contributed by atoms with Crippen LogP contribution in [-0.2, 0) is 13.2 Å². The van der Waals surface area contributed by atoms with Crippen LogP contribution in [0.2, 0.25) is 0 Å². The van der Waals surface area contributed by atoms with Crippen LogP contribution in [0.5, 0.6) is 0 Å². The summed E-state index contributed by atoms with van der Waals surface area (Å²) in [7, 11) is 0. The van der Waals surface area contributed by atoms with Crippen LogP contribution in [0.4, 0.5) is 0 Å². The third-order valence-corrected chi connectivity index (χ3v) is 3.06. The molecule has 0 bridgehead atoms. The van der Waals surface area contributed by atoms with Crippen LogP contribution in [0.3, 0.4) is 0 Å². The molecular weight excluding hydrogens is 192 g/mol. The Hall–Kier alpha value is -0.940. The summed E-state index contributed by atoms with van der Waals surface area (Å²) >= 11 is 0. The van der Waals surface area contributed by atoms with Crippen molar-refractivity contribution in [1.29, 1.82) is 0 Å². The van der Waals surface area contributed by atoms with Gasteiger partial charge in [0.1, 0.15) is 12.9 Å². The van der Waals surface area contributed by atoms with Crippen molar-refractivity contribution >= 4 is 0 Å². The van der Waals surface area contributed by atoms with Crippen molar-refractivity contribution in [3.05, 3.63) is 12.2 Å². The minimum Gasteiger partial charge on any atom is -0.388 e. The van der Waals surface area contributed by atoms with Gasteiger partial charge in [0, 0.05) is 12.6 Å². The Labute approximate surface area is 89.7 Å². The Kier molecular flexibility index (Phi) is 3.33. The average molecular weight is 210 g/mol. The lowest BCUT2D eigenvalue weighted by atomic mass is 10.3. The molecule has 1 N–H and O–H groups in total. The molecule has 15 heavy (non-hydrogen) atoms. The molecule has 1 saturated heterocycles. The number of hydrogen-bond donors (Lipinski definition) is 1. The summed E-state index contributed by atoms with van der Waals surface area (Å²) in [6.45, 7) is 5.43.